The minimum atomic E-state index is 0. The van der Waals surface area contributed by atoms with E-state index >= 15 is 0 Å². The average molecular weight is 416 g/mol. The Hall–Kier alpha value is -0.740. The number of hydrogen-bond acceptors (Lipinski definition) is 0. The smallest absolute Gasteiger partial charge is 0.171 e. The fourth-order valence-corrected chi connectivity index (χ4v) is 2.68. The van der Waals surface area contributed by atoms with Gasteiger partial charge in [0.25, 0.3) is 0 Å². The van der Waals surface area contributed by atoms with Gasteiger partial charge in [-0.25, -0.2) is 9.13 Å². The number of hydrogen-bond donors (Lipinski definition) is 0. The van der Waals surface area contributed by atoms with Crippen LogP contribution in [0.4, 0.5) is 0 Å². The van der Waals surface area contributed by atoms with Crippen molar-refractivity contribution in [2.24, 2.45) is 0 Å². The Kier molecular flexibility index (Phi) is 8.98. The second-order valence-corrected chi connectivity index (χ2v) is 5.61. The highest BCUT2D eigenvalue weighted by molar-refractivity contribution is 5.11. The fourth-order valence-electron chi connectivity index (χ4n) is 2.68. The standard InChI is InChI=1S/C17H24N2.2BrH/c1-14-8-15(2)11-18(10-14)6-5-7-19-12-16(3)9-17(4)13-19;;/h8-13H,5-7H2,1-4H3;2*1H/q+2;;/p-2. The molecule has 0 spiro atoms. The zero-order valence-electron chi connectivity index (χ0n) is 13.2. The van der Waals surface area contributed by atoms with E-state index in [1.165, 1.54) is 22.3 Å². The van der Waals surface area contributed by atoms with Crippen LogP contribution in [0.2, 0.25) is 0 Å². The number of aromatic nitrogens is 2. The van der Waals surface area contributed by atoms with E-state index in [4.69, 9.17) is 0 Å². The molecule has 0 aliphatic carbocycles. The minimum Gasteiger partial charge on any atom is -1.00 e. The molecule has 0 amide bonds. The van der Waals surface area contributed by atoms with Gasteiger partial charge < -0.3 is 34.0 Å². The summed E-state index contributed by atoms with van der Waals surface area (Å²) in [6.07, 6.45) is 10.0. The zero-order chi connectivity index (χ0) is 13.8. The van der Waals surface area contributed by atoms with Gasteiger partial charge in [0.15, 0.2) is 37.9 Å². The maximum Gasteiger partial charge on any atom is 0.171 e. The van der Waals surface area contributed by atoms with Crippen molar-refractivity contribution in [2.75, 3.05) is 0 Å². The van der Waals surface area contributed by atoms with Gasteiger partial charge in [-0.15, -0.1) is 0 Å². The Morgan fingerprint density at radius 3 is 1.19 bits per heavy atom. The molecule has 2 heterocycles. The Bertz CT molecular complexity index is 491. The molecule has 0 fully saturated rings. The molecule has 0 bridgehead atoms. The van der Waals surface area contributed by atoms with Gasteiger partial charge in [0.2, 0.25) is 0 Å². The third-order valence-corrected chi connectivity index (χ3v) is 3.22. The Morgan fingerprint density at radius 1 is 0.619 bits per heavy atom. The van der Waals surface area contributed by atoms with E-state index < -0.39 is 0 Å². The Labute approximate surface area is 149 Å². The van der Waals surface area contributed by atoms with Gasteiger partial charge in [-0.2, -0.15) is 0 Å². The molecule has 2 aromatic rings. The topological polar surface area (TPSA) is 7.76 Å². The summed E-state index contributed by atoms with van der Waals surface area (Å²) in [5.74, 6) is 0. The lowest BCUT2D eigenvalue weighted by atomic mass is 10.2. The van der Waals surface area contributed by atoms with Gasteiger partial charge in [0, 0.05) is 22.3 Å². The van der Waals surface area contributed by atoms with E-state index in [1.54, 1.807) is 0 Å². The summed E-state index contributed by atoms with van der Waals surface area (Å²) in [6, 6.07) is 4.43. The first-order valence-electron chi connectivity index (χ1n) is 6.97. The van der Waals surface area contributed by atoms with E-state index in [-0.39, 0.29) is 34.0 Å². The summed E-state index contributed by atoms with van der Waals surface area (Å²) in [7, 11) is 0. The molecule has 2 nitrogen and oxygen atoms in total. The van der Waals surface area contributed by atoms with Crippen molar-refractivity contribution in [3.8, 4) is 0 Å². The van der Waals surface area contributed by atoms with Crippen molar-refractivity contribution in [1.29, 1.82) is 0 Å². The first kappa shape index (κ1) is 20.3. The molecular formula is C17H24Br2N2. The van der Waals surface area contributed by atoms with Crippen LogP contribution < -0.4 is 43.1 Å². The van der Waals surface area contributed by atoms with Gasteiger partial charge in [0.1, 0.15) is 0 Å². The van der Waals surface area contributed by atoms with Crippen LogP contribution in [-0.4, -0.2) is 0 Å². The highest BCUT2D eigenvalue weighted by atomic mass is 79.9. The second-order valence-electron chi connectivity index (χ2n) is 5.61. The van der Waals surface area contributed by atoms with Gasteiger partial charge in [-0.05, 0) is 39.8 Å². The van der Waals surface area contributed by atoms with Crippen molar-refractivity contribution in [3.63, 3.8) is 0 Å². The van der Waals surface area contributed by atoms with E-state index in [9.17, 15) is 0 Å². The maximum absolute atomic E-state index is 2.30. The molecule has 0 saturated heterocycles. The molecule has 0 unspecified atom stereocenters. The van der Waals surface area contributed by atoms with Crippen molar-refractivity contribution < 1.29 is 43.1 Å². The molecule has 2 aromatic heterocycles. The molecule has 0 saturated carbocycles. The minimum absolute atomic E-state index is 0. The van der Waals surface area contributed by atoms with Crippen LogP contribution in [0.5, 0.6) is 0 Å². The number of aryl methyl sites for hydroxylation is 6. The first-order chi connectivity index (χ1) is 9.02. The van der Waals surface area contributed by atoms with Crippen molar-refractivity contribution in [3.05, 3.63) is 59.2 Å². The summed E-state index contributed by atoms with van der Waals surface area (Å²) in [6.45, 7) is 10.8. The highest BCUT2D eigenvalue weighted by Crippen LogP contribution is 1.99. The van der Waals surface area contributed by atoms with Crippen LogP contribution in [0, 0.1) is 27.7 Å². The predicted octanol–water partition coefficient (Wildman–Crippen LogP) is -3.41. The van der Waals surface area contributed by atoms with Gasteiger partial charge in [0.05, 0.1) is 6.42 Å². The Balaban J connectivity index is 0.00000200. The molecule has 0 N–H and O–H groups in total. The van der Waals surface area contributed by atoms with E-state index in [0.29, 0.717) is 0 Å². The van der Waals surface area contributed by atoms with Crippen molar-refractivity contribution in [1.82, 2.24) is 0 Å². The molecule has 0 aromatic carbocycles. The van der Waals surface area contributed by atoms with Crippen LogP contribution in [0.25, 0.3) is 0 Å². The quantitative estimate of drug-likeness (QED) is 0.460. The third-order valence-electron chi connectivity index (χ3n) is 3.22. The van der Waals surface area contributed by atoms with Crippen molar-refractivity contribution in [2.45, 2.75) is 47.2 Å². The molecule has 2 rings (SSSR count). The third kappa shape index (κ3) is 6.70. The van der Waals surface area contributed by atoms with E-state index in [1.807, 2.05) is 0 Å². The van der Waals surface area contributed by atoms with Crippen LogP contribution >= 0.6 is 0 Å². The lowest BCUT2D eigenvalue weighted by molar-refractivity contribution is -0.727. The SMILES string of the molecule is Cc1cc(C)c[n+](CCC[n+]2cc(C)cc(C)c2)c1.[Br-].[Br-]. The molecule has 0 atom stereocenters. The molecular weight excluding hydrogens is 392 g/mol. The average Bonchev–Trinajstić information content (AvgIpc) is 2.26. The summed E-state index contributed by atoms with van der Waals surface area (Å²) < 4.78 is 4.60. The lowest BCUT2D eigenvalue weighted by Crippen LogP contribution is -3.00. The van der Waals surface area contributed by atoms with E-state index in [2.05, 4.69) is 73.7 Å². The van der Waals surface area contributed by atoms with Gasteiger partial charge in [-0.1, -0.05) is 0 Å². The molecule has 21 heavy (non-hydrogen) atoms. The monoisotopic (exact) mass is 414 g/mol. The second kappa shape index (κ2) is 9.31. The summed E-state index contributed by atoms with van der Waals surface area (Å²) in [5.41, 5.74) is 5.33. The number of halogens is 2. The van der Waals surface area contributed by atoms with Crippen molar-refractivity contribution >= 4 is 0 Å². The molecule has 4 heteroatoms. The van der Waals surface area contributed by atoms with Crippen LogP contribution in [0.15, 0.2) is 36.9 Å². The number of pyridine rings is 2. The van der Waals surface area contributed by atoms with Crippen LogP contribution in [0.3, 0.4) is 0 Å². The van der Waals surface area contributed by atoms with Gasteiger partial charge >= 0.3 is 0 Å². The van der Waals surface area contributed by atoms with E-state index in [0.717, 1.165) is 19.5 Å². The molecule has 0 aliphatic rings. The zero-order valence-corrected chi connectivity index (χ0v) is 16.4. The lowest BCUT2D eigenvalue weighted by Gasteiger charge is -2.01. The normalized spacial score (nSPS) is 9.71. The summed E-state index contributed by atoms with van der Waals surface area (Å²) >= 11 is 0. The summed E-state index contributed by atoms with van der Waals surface area (Å²) in [4.78, 5) is 0. The summed E-state index contributed by atoms with van der Waals surface area (Å²) in [5, 5.41) is 0. The highest BCUT2D eigenvalue weighted by Gasteiger charge is 2.07. The maximum atomic E-state index is 2.30. The number of nitrogens with zero attached hydrogens (tertiary/aromatic N) is 2. The Morgan fingerprint density at radius 2 is 0.905 bits per heavy atom. The van der Waals surface area contributed by atoms with Crippen LogP contribution in [-0.2, 0) is 13.1 Å². The van der Waals surface area contributed by atoms with Gasteiger partial charge in [-0.3, -0.25) is 0 Å². The molecule has 116 valence electrons. The fraction of sp³-hybridized carbons (Fsp3) is 0.412. The molecule has 0 aliphatic heterocycles. The number of rotatable bonds is 4. The predicted molar refractivity (Wildman–Crippen MR) is 76.8 cm³/mol. The van der Waals surface area contributed by atoms with Crippen LogP contribution in [0.1, 0.15) is 28.7 Å². The largest absolute Gasteiger partial charge is 1.00 e. The first-order valence-corrected chi connectivity index (χ1v) is 6.97. The molecule has 0 radical (unpaired) electrons.